The minimum atomic E-state index is -0.131. The highest BCUT2D eigenvalue weighted by molar-refractivity contribution is 5.84. The van der Waals surface area contributed by atoms with E-state index in [1.807, 2.05) is 9.47 Å². The van der Waals surface area contributed by atoms with Crippen molar-refractivity contribution in [3.8, 4) is 0 Å². The molecule has 2 aliphatic rings. The zero-order valence-electron chi connectivity index (χ0n) is 14.8. The predicted octanol–water partition coefficient (Wildman–Crippen LogP) is 0.722. The smallest absolute Gasteiger partial charge is 0.225 e. The summed E-state index contributed by atoms with van der Waals surface area (Å²) in [5.74, 6) is 0.783. The predicted molar refractivity (Wildman–Crippen MR) is 90.4 cm³/mol. The highest BCUT2D eigenvalue weighted by atomic mass is 16.5. The summed E-state index contributed by atoms with van der Waals surface area (Å²) >= 11 is 0. The van der Waals surface area contributed by atoms with Crippen molar-refractivity contribution in [3.05, 3.63) is 12.2 Å². The van der Waals surface area contributed by atoms with E-state index in [2.05, 4.69) is 15.5 Å². The van der Waals surface area contributed by atoms with Gasteiger partial charge >= 0.3 is 0 Å². The molecule has 138 valence electrons. The number of likely N-dealkylation sites (tertiary alicyclic amines) is 1. The zero-order valence-corrected chi connectivity index (χ0v) is 14.8. The zero-order chi connectivity index (χ0) is 17.6. The van der Waals surface area contributed by atoms with E-state index >= 15 is 0 Å². The van der Waals surface area contributed by atoms with E-state index in [9.17, 15) is 9.59 Å². The Balaban J connectivity index is 1.52. The Hall–Kier alpha value is -1.96. The van der Waals surface area contributed by atoms with Gasteiger partial charge in [0.25, 0.3) is 0 Å². The molecule has 25 heavy (non-hydrogen) atoms. The van der Waals surface area contributed by atoms with Crippen LogP contribution in [0.15, 0.2) is 6.33 Å². The van der Waals surface area contributed by atoms with Crippen molar-refractivity contribution in [1.82, 2.24) is 25.0 Å². The van der Waals surface area contributed by atoms with Gasteiger partial charge in [-0.25, -0.2) is 0 Å². The lowest BCUT2D eigenvalue weighted by atomic mass is 9.95. The number of rotatable bonds is 7. The van der Waals surface area contributed by atoms with Crippen molar-refractivity contribution >= 4 is 11.8 Å². The molecule has 1 aromatic heterocycles. The third kappa shape index (κ3) is 4.36. The molecule has 2 heterocycles. The Kier molecular flexibility index (Phi) is 6.01. The summed E-state index contributed by atoms with van der Waals surface area (Å²) in [6, 6.07) is 0.334. The van der Waals surface area contributed by atoms with Crippen LogP contribution in [0.25, 0.3) is 0 Å². The van der Waals surface area contributed by atoms with Crippen LogP contribution in [0.2, 0.25) is 0 Å². The van der Waals surface area contributed by atoms with Gasteiger partial charge in [-0.1, -0.05) is 12.8 Å². The number of carbonyl (C=O) groups is 2. The molecule has 8 heteroatoms. The maximum atomic E-state index is 12.6. The first-order valence-corrected chi connectivity index (χ1v) is 9.12. The van der Waals surface area contributed by atoms with E-state index in [-0.39, 0.29) is 17.7 Å². The van der Waals surface area contributed by atoms with Gasteiger partial charge in [-0.3, -0.25) is 9.59 Å². The van der Waals surface area contributed by atoms with Gasteiger partial charge in [-0.2, -0.15) is 0 Å². The number of piperidine rings is 1. The van der Waals surface area contributed by atoms with Crippen LogP contribution in [0, 0.1) is 5.92 Å². The number of hydrogen-bond acceptors (Lipinski definition) is 5. The molecule has 0 spiro atoms. The number of amides is 2. The molecule has 1 saturated heterocycles. The van der Waals surface area contributed by atoms with Crippen molar-refractivity contribution in [1.29, 1.82) is 0 Å². The molecule has 1 aromatic rings. The average Bonchev–Trinajstić information content (AvgIpc) is 3.30. The molecule has 3 rings (SSSR count). The number of nitrogens with one attached hydrogen (secondary N) is 1. The molecule has 0 aromatic carbocycles. The highest BCUT2D eigenvalue weighted by Crippen LogP contribution is 2.28. The van der Waals surface area contributed by atoms with E-state index in [1.54, 1.807) is 13.4 Å². The van der Waals surface area contributed by atoms with Gasteiger partial charge in [0.1, 0.15) is 6.33 Å². The first-order valence-electron chi connectivity index (χ1n) is 9.12. The fourth-order valence-corrected chi connectivity index (χ4v) is 3.76. The molecular formula is C17H27N5O3. The quantitative estimate of drug-likeness (QED) is 0.783. The van der Waals surface area contributed by atoms with Crippen molar-refractivity contribution in [3.63, 3.8) is 0 Å². The first-order chi connectivity index (χ1) is 12.2. The van der Waals surface area contributed by atoms with Gasteiger partial charge in [0.15, 0.2) is 5.82 Å². The number of ether oxygens (including phenoxy) is 1. The maximum Gasteiger partial charge on any atom is 0.225 e. The minimum absolute atomic E-state index is 0.00297. The molecule has 8 nitrogen and oxygen atoms in total. The van der Waals surface area contributed by atoms with Crippen molar-refractivity contribution in [2.75, 3.05) is 20.3 Å². The Morgan fingerprint density at radius 3 is 2.92 bits per heavy atom. The highest BCUT2D eigenvalue weighted by Gasteiger charge is 2.35. The van der Waals surface area contributed by atoms with Crippen LogP contribution in [0.4, 0.5) is 0 Å². The van der Waals surface area contributed by atoms with Gasteiger partial charge < -0.3 is 19.5 Å². The number of carbonyl (C=O) groups excluding carboxylic acids is 2. The second-order valence-corrected chi connectivity index (χ2v) is 6.87. The van der Waals surface area contributed by atoms with Crippen molar-refractivity contribution in [2.45, 2.75) is 57.7 Å². The fraction of sp³-hybridized carbons (Fsp3) is 0.765. The summed E-state index contributed by atoms with van der Waals surface area (Å²) in [6.07, 6.45) is 7.25. The largest absolute Gasteiger partial charge is 0.383 e. The molecule has 2 amide bonds. The third-order valence-electron chi connectivity index (χ3n) is 5.23. The van der Waals surface area contributed by atoms with E-state index in [0.717, 1.165) is 12.8 Å². The molecule has 0 bridgehead atoms. The second-order valence-electron chi connectivity index (χ2n) is 6.87. The van der Waals surface area contributed by atoms with Gasteiger partial charge in [0.05, 0.1) is 19.1 Å². The molecule has 1 atom stereocenters. The van der Waals surface area contributed by atoms with Crippen molar-refractivity contribution < 1.29 is 14.3 Å². The topological polar surface area (TPSA) is 89.3 Å². The normalized spacial score (nSPS) is 21.7. The van der Waals surface area contributed by atoms with Gasteiger partial charge in [-0.15, -0.1) is 10.2 Å². The summed E-state index contributed by atoms with van der Waals surface area (Å²) in [7, 11) is 1.65. The lowest BCUT2D eigenvalue weighted by Gasteiger charge is -2.36. The molecule has 1 saturated carbocycles. The SMILES string of the molecule is COCCn1cnnc1CNC(=O)[C@H]1CCC(=O)N(C2CCCC2)C1. The standard InChI is InChI=1S/C17H27N5O3/c1-25-9-8-21-12-19-20-15(21)10-18-17(24)13-6-7-16(23)22(11-13)14-4-2-3-5-14/h12-14H,2-11H2,1H3,(H,18,24)/t13-/m0/s1. The summed E-state index contributed by atoms with van der Waals surface area (Å²) in [6.45, 7) is 2.12. The number of nitrogens with zero attached hydrogens (tertiary/aromatic N) is 4. The van der Waals surface area contributed by atoms with Crippen LogP contribution in [0.1, 0.15) is 44.3 Å². The van der Waals surface area contributed by atoms with Crippen LogP contribution < -0.4 is 5.32 Å². The molecular weight excluding hydrogens is 322 g/mol. The number of methoxy groups -OCH3 is 1. The van der Waals surface area contributed by atoms with Crippen LogP contribution in [-0.2, 0) is 27.4 Å². The third-order valence-corrected chi connectivity index (χ3v) is 5.23. The van der Waals surface area contributed by atoms with E-state index < -0.39 is 0 Å². The number of hydrogen-bond donors (Lipinski definition) is 1. The summed E-state index contributed by atoms with van der Waals surface area (Å²) in [4.78, 5) is 26.7. The van der Waals surface area contributed by atoms with E-state index in [0.29, 0.717) is 50.9 Å². The van der Waals surface area contributed by atoms with Gasteiger partial charge in [0, 0.05) is 32.7 Å². The van der Waals surface area contributed by atoms with Crippen LogP contribution in [0.5, 0.6) is 0 Å². The van der Waals surface area contributed by atoms with E-state index in [4.69, 9.17) is 4.74 Å². The van der Waals surface area contributed by atoms with Gasteiger partial charge in [0.2, 0.25) is 11.8 Å². The lowest BCUT2D eigenvalue weighted by molar-refractivity contribution is -0.140. The molecule has 0 radical (unpaired) electrons. The van der Waals surface area contributed by atoms with Gasteiger partial charge in [-0.05, 0) is 19.3 Å². The average molecular weight is 349 g/mol. The van der Waals surface area contributed by atoms with Crippen LogP contribution in [-0.4, -0.2) is 57.8 Å². The van der Waals surface area contributed by atoms with Crippen molar-refractivity contribution in [2.24, 2.45) is 5.92 Å². The second kappa shape index (κ2) is 8.42. The molecule has 0 unspecified atom stereocenters. The van der Waals surface area contributed by atoms with Crippen LogP contribution >= 0.6 is 0 Å². The minimum Gasteiger partial charge on any atom is -0.383 e. The molecule has 1 N–H and O–H groups in total. The Morgan fingerprint density at radius 2 is 2.16 bits per heavy atom. The maximum absolute atomic E-state index is 12.6. The van der Waals surface area contributed by atoms with E-state index in [1.165, 1.54) is 12.8 Å². The summed E-state index contributed by atoms with van der Waals surface area (Å²) < 4.78 is 6.93. The fourth-order valence-electron chi connectivity index (χ4n) is 3.76. The summed E-state index contributed by atoms with van der Waals surface area (Å²) in [5, 5.41) is 10.9. The lowest BCUT2D eigenvalue weighted by Crippen LogP contribution is -2.49. The monoisotopic (exact) mass is 349 g/mol. The Morgan fingerprint density at radius 1 is 1.36 bits per heavy atom. The first kappa shape index (κ1) is 17.8. The van der Waals surface area contributed by atoms with Crippen LogP contribution in [0.3, 0.4) is 0 Å². The Labute approximate surface area is 147 Å². The molecule has 1 aliphatic heterocycles. The summed E-state index contributed by atoms with van der Waals surface area (Å²) in [5.41, 5.74) is 0. The number of aromatic nitrogens is 3. The Bertz CT molecular complexity index is 597. The molecule has 2 fully saturated rings. The molecule has 1 aliphatic carbocycles.